The van der Waals surface area contributed by atoms with Gasteiger partial charge in [-0.15, -0.1) is 11.3 Å². The fourth-order valence-electron chi connectivity index (χ4n) is 2.95. The first-order valence-corrected chi connectivity index (χ1v) is 10.7. The molecular weight excluding hydrogens is 410 g/mol. The third-order valence-corrected chi connectivity index (χ3v) is 6.49. The first-order chi connectivity index (χ1) is 14.0. The summed E-state index contributed by atoms with van der Waals surface area (Å²) >= 11 is 2.41. The number of carbonyl (C=O) groups excluding carboxylic acids is 3. The molecule has 1 aromatic heterocycles. The number of fused-ring (bicyclic) bond motifs is 1. The predicted molar refractivity (Wildman–Crippen MR) is 112 cm³/mol. The number of methoxy groups -OCH3 is 1. The number of nitrogens with one attached hydrogen (secondary N) is 1. The van der Waals surface area contributed by atoms with E-state index in [1.165, 1.54) is 18.4 Å². The molecule has 3 rings (SSSR count). The lowest BCUT2D eigenvalue weighted by Gasteiger charge is -2.26. The van der Waals surface area contributed by atoms with Gasteiger partial charge in [-0.1, -0.05) is 30.0 Å². The van der Waals surface area contributed by atoms with Crippen LogP contribution in [0.5, 0.6) is 0 Å². The number of benzene rings is 1. The van der Waals surface area contributed by atoms with E-state index in [1.807, 2.05) is 6.07 Å². The lowest BCUT2D eigenvalue weighted by molar-refractivity contribution is -0.140. The van der Waals surface area contributed by atoms with Gasteiger partial charge < -0.3 is 15.0 Å². The van der Waals surface area contributed by atoms with E-state index in [4.69, 9.17) is 0 Å². The van der Waals surface area contributed by atoms with Crippen molar-refractivity contribution in [3.63, 3.8) is 0 Å². The third-order valence-electron chi connectivity index (χ3n) is 4.45. The van der Waals surface area contributed by atoms with E-state index in [9.17, 15) is 19.6 Å². The van der Waals surface area contributed by atoms with Crippen LogP contribution in [0, 0.1) is 11.3 Å². The number of ether oxygens (including phenoxy) is 1. The zero-order valence-corrected chi connectivity index (χ0v) is 17.4. The Morgan fingerprint density at radius 1 is 1.31 bits per heavy atom. The van der Waals surface area contributed by atoms with Crippen LogP contribution >= 0.6 is 23.1 Å². The van der Waals surface area contributed by atoms with Crippen molar-refractivity contribution in [2.24, 2.45) is 0 Å². The number of amides is 2. The van der Waals surface area contributed by atoms with Crippen molar-refractivity contribution in [1.29, 1.82) is 5.26 Å². The Balaban J connectivity index is 1.68. The van der Waals surface area contributed by atoms with E-state index < -0.39 is 0 Å². The average Bonchev–Trinajstić information content (AvgIpc) is 3.09. The van der Waals surface area contributed by atoms with E-state index in [2.05, 4.69) is 16.1 Å². The van der Waals surface area contributed by atoms with Gasteiger partial charge in [0.1, 0.15) is 11.1 Å². The molecule has 0 aliphatic carbocycles. The number of carbonyl (C=O) groups is 3. The Hall–Kier alpha value is -2.83. The first-order valence-electron chi connectivity index (χ1n) is 8.93. The summed E-state index contributed by atoms with van der Waals surface area (Å²) in [6, 6.07) is 11.0. The summed E-state index contributed by atoms with van der Waals surface area (Å²) in [6.07, 6.45) is 0.735. The predicted octanol–water partition coefficient (Wildman–Crippen LogP) is 3.65. The molecule has 150 valence electrons. The highest BCUT2D eigenvalue weighted by atomic mass is 32.2. The van der Waals surface area contributed by atoms with Gasteiger partial charge >= 0.3 is 5.97 Å². The zero-order valence-electron chi connectivity index (χ0n) is 15.8. The molecule has 0 atom stereocenters. The van der Waals surface area contributed by atoms with Gasteiger partial charge in [0.2, 0.25) is 0 Å². The fourth-order valence-corrected chi connectivity index (χ4v) is 4.94. The Morgan fingerprint density at radius 2 is 2.07 bits per heavy atom. The standard InChI is InChI=1S/C20H19N3O4S2/c1-27-17(24)8-10-28-20(26)23-9-7-14-15(11-21)19(29-16(14)12-23)22-18(25)13-5-3-2-4-6-13/h2-6H,7-10,12H2,1H3,(H,22,25). The molecule has 0 spiro atoms. The molecule has 29 heavy (non-hydrogen) atoms. The molecule has 0 radical (unpaired) electrons. The molecule has 7 nitrogen and oxygen atoms in total. The number of thioether (sulfide) groups is 1. The van der Waals surface area contributed by atoms with Crippen LogP contribution in [0.2, 0.25) is 0 Å². The molecule has 1 aliphatic heterocycles. The van der Waals surface area contributed by atoms with Crippen molar-refractivity contribution < 1.29 is 19.1 Å². The highest BCUT2D eigenvalue weighted by Crippen LogP contribution is 2.37. The number of hydrogen-bond acceptors (Lipinski definition) is 7. The van der Waals surface area contributed by atoms with Crippen LogP contribution in [0.15, 0.2) is 30.3 Å². The van der Waals surface area contributed by atoms with Gasteiger partial charge in [-0.3, -0.25) is 14.4 Å². The van der Waals surface area contributed by atoms with Crippen LogP contribution < -0.4 is 5.32 Å². The second-order valence-electron chi connectivity index (χ2n) is 6.25. The van der Waals surface area contributed by atoms with Crippen molar-refractivity contribution >= 4 is 45.2 Å². The maximum atomic E-state index is 12.4. The van der Waals surface area contributed by atoms with Crippen molar-refractivity contribution in [3.05, 3.63) is 51.9 Å². The number of thiophene rings is 1. The molecule has 0 bridgehead atoms. The van der Waals surface area contributed by atoms with E-state index in [0.29, 0.717) is 41.4 Å². The fraction of sp³-hybridized carbons (Fsp3) is 0.300. The van der Waals surface area contributed by atoms with E-state index in [0.717, 1.165) is 22.2 Å². The average molecular weight is 430 g/mol. The van der Waals surface area contributed by atoms with Gasteiger partial charge in [-0.2, -0.15) is 5.26 Å². The van der Waals surface area contributed by atoms with Gasteiger partial charge in [0.15, 0.2) is 0 Å². The van der Waals surface area contributed by atoms with Gasteiger partial charge in [0.05, 0.1) is 25.6 Å². The summed E-state index contributed by atoms with van der Waals surface area (Å²) in [4.78, 5) is 38.6. The smallest absolute Gasteiger partial charge is 0.306 e. The molecule has 2 heterocycles. The molecule has 1 aliphatic rings. The van der Waals surface area contributed by atoms with E-state index >= 15 is 0 Å². The van der Waals surface area contributed by atoms with Crippen molar-refractivity contribution in [2.45, 2.75) is 19.4 Å². The molecule has 0 saturated heterocycles. The van der Waals surface area contributed by atoms with Crippen molar-refractivity contribution in [1.82, 2.24) is 4.90 Å². The summed E-state index contributed by atoms with van der Waals surface area (Å²) in [5, 5.41) is 12.8. The minimum atomic E-state index is -0.345. The van der Waals surface area contributed by atoms with Crippen LogP contribution in [0.4, 0.5) is 9.80 Å². The van der Waals surface area contributed by atoms with E-state index in [-0.39, 0.29) is 23.5 Å². The number of hydrogen-bond donors (Lipinski definition) is 1. The topological polar surface area (TPSA) is 99.5 Å². The summed E-state index contributed by atoms with van der Waals surface area (Å²) in [5.41, 5.74) is 1.88. The van der Waals surface area contributed by atoms with Crippen LogP contribution in [0.25, 0.3) is 0 Å². The Morgan fingerprint density at radius 3 is 2.76 bits per heavy atom. The van der Waals surface area contributed by atoms with Gasteiger partial charge in [0, 0.05) is 22.7 Å². The molecule has 2 aromatic rings. The van der Waals surface area contributed by atoms with Crippen molar-refractivity contribution in [3.8, 4) is 6.07 Å². The van der Waals surface area contributed by atoms with Gasteiger partial charge in [0.25, 0.3) is 11.1 Å². The Labute approximate surface area is 176 Å². The maximum Gasteiger partial charge on any atom is 0.306 e. The minimum Gasteiger partial charge on any atom is -0.469 e. The zero-order chi connectivity index (χ0) is 20.8. The van der Waals surface area contributed by atoms with Crippen LogP contribution in [-0.2, 0) is 22.5 Å². The largest absolute Gasteiger partial charge is 0.469 e. The number of rotatable bonds is 5. The summed E-state index contributed by atoms with van der Waals surface area (Å²) in [5.74, 6) is -0.254. The second kappa shape index (κ2) is 9.58. The molecule has 0 unspecified atom stereocenters. The molecular formula is C20H19N3O4S2. The highest BCUT2D eigenvalue weighted by Gasteiger charge is 2.28. The summed E-state index contributed by atoms with van der Waals surface area (Å²) in [7, 11) is 1.32. The SMILES string of the molecule is COC(=O)CCSC(=O)N1CCc2c(sc(NC(=O)c3ccccc3)c2C#N)C1. The molecule has 0 saturated carbocycles. The van der Waals surface area contributed by atoms with Gasteiger partial charge in [-0.25, -0.2) is 0 Å². The molecule has 9 heteroatoms. The minimum absolute atomic E-state index is 0.110. The monoisotopic (exact) mass is 429 g/mol. The molecule has 1 N–H and O–H groups in total. The molecule has 0 fully saturated rings. The Kier molecular flexibility index (Phi) is 6.90. The summed E-state index contributed by atoms with van der Waals surface area (Å²) < 4.78 is 4.58. The quantitative estimate of drug-likeness (QED) is 0.729. The highest BCUT2D eigenvalue weighted by molar-refractivity contribution is 8.13. The normalized spacial score (nSPS) is 12.6. The second-order valence-corrected chi connectivity index (χ2v) is 8.40. The third kappa shape index (κ3) is 4.96. The number of anilines is 1. The first kappa shape index (κ1) is 20.9. The van der Waals surface area contributed by atoms with Crippen molar-refractivity contribution in [2.75, 3.05) is 24.7 Å². The number of nitrogens with zero attached hydrogens (tertiary/aromatic N) is 2. The lowest BCUT2D eigenvalue weighted by atomic mass is 10.0. The Bertz CT molecular complexity index is 966. The molecule has 2 amide bonds. The van der Waals surface area contributed by atoms with E-state index in [1.54, 1.807) is 29.2 Å². The lowest BCUT2D eigenvalue weighted by Crippen LogP contribution is -2.33. The van der Waals surface area contributed by atoms with Crippen LogP contribution in [0.1, 0.15) is 32.8 Å². The number of nitriles is 1. The number of esters is 1. The van der Waals surface area contributed by atoms with Crippen LogP contribution in [-0.4, -0.2) is 41.4 Å². The summed E-state index contributed by atoms with van der Waals surface area (Å²) in [6.45, 7) is 0.883. The van der Waals surface area contributed by atoms with Gasteiger partial charge in [-0.05, 0) is 24.1 Å². The molecule has 1 aromatic carbocycles. The van der Waals surface area contributed by atoms with Crippen LogP contribution in [0.3, 0.4) is 0 Å². The maximum absolute atomic E-state index is 12.4.